The molecule has 5 nitrogen and oxygen atoms in total. The van der Waals surface area contributed by atoms with Gasteiger partial charge in [-0.2, -0.15) is 0 Å². The zero-order valence-corrected chi connectivity index (χ0v) is 16.1. The third-order valence-electron chi connectivity index (χ3n) is 4.38. The molecule has 2 N–H and O–H groups in total. The van der Waals surface area contributed by atoms with Crippen molar-refractivity contribution < 1.29 is 4.79 Å². The lowest BCUT2D eigenvalue weighted by molar-refractivity contribution is 0.102. The minimum Gasteiger partial charge on any atom is -0.324 e. The second kappa shape index (κ2) is 7.99. The van der Waals surface area contributed by atoms with Crippen molar-refractivity contribution in [1.82, 2.24) is 9.97 Å². The first kappa shape index (κ1) is 18.6. The molecule has 0 spiro atoms. The van der Waals surface area contributed by atoms with Crippen molar-refractivity contribution in [2.75, 3.05) is 10.6 Å². The van der Waals surface area contributed by atoms with Crippen LogP contribution in [-0.2, 0) is 0 Å². The van der Waals surface area contributed by atoms with E-state index in [0.29, 0.717) is 17.4 Å². The van der Waals surface area contributed by atoms with Crippen molar-refractivity contribution in [2.24, 2.45) is 0 Å². The number of rotatable bonds is 5. The van der Waals surface area contributed by atoms with Crippen LogP contribution in [0.5, 0.6) is 0 Å². The van der Waals surface area contributed by atoms with E-state index in [-0.39, 0.29) is 5.91 Å². The van der Waals surface area contributed by atoms with E-state index < -0.39 is 0 Å². The monoisotopic (exact) mass is 360 g/mol. The molecule has 0 aliphatic rings. The maximum absolute atomic E-state index is 12.4. The van der Waals surface area contributed by atoms with Gasteiger partial charge in [0.1, 0.15) is 0 Å². The molecule has 0 saturated heterocycles. The van der Waals surface area contributed by atoms with Gasteiger partial charge in [0.25, 0.3) is 5.91 Å². The van der Waals surface area contributed by atoms with E-state index in [9.17, 15) is 4.79 Å². The van der Waals surface area contributed by atoms with Gasteiger partial charge in [-0.3, -0.25) is 4.79 Å². The Bertz CT molecular complexity index is 932. The Hall–Kier alpha value is -3.21. The first-order valence-corrected chi connectivity index (χ1v) is 9.00. The molecule has 0 aliphatic carbocycles. The molecular weight excluding hydrogens is 336 g/mol. The van der Waals surface area contributed by atoms with Crippen LogP contribution >= 0.6 is 0 Å². The molecule has 0 bridgehead atoms. The van der Waals surface area contributed by atoms with Gasteiger partial charge in [0, 0.05) is 23.8 Å². The Balaban J connectivity index is 1.66. The molecule has 5 heteroatoms. The van der Waals surface area contributed by atoms with Gasteiger partial charge in [0.05, 0.1) is 5.56 Å². The molecule has 0 saturated carbocycles. The number of aryl methyl sites for hydroxylation is 2. The Labute approximate surface area is 159 Å². The molecule has 2 aromatic carbocycles. The maximum Gasteiger partial charge on any atom is 0.258 e. The predicted octanol–water partition coefficient (Wildman–Crippen LogP) is 5.21. The highest BCUT2D eigenvalue weighted by molar-refractivity contribution is 6.04. The Morgan fingerprint density at radius 2 is 1.63 bits per heavy atom. The lowest BCUT2D eigenvalue weighted by Gasteiger charge is -2.10. The fourth-order valence-corrected chi connectivity index (χ4v) is 2.74. The SMILES string of the molecule is Cc1ccc(NC(=O)c2cnc(Nc3ccc(C(C)C)cc3)nc2)c(C)c1. The van der Waals surface area contributed by atoms with E-state index in [1.165, 1.54) is 18.0 Å². The van der Waals surface area contributed by atoms with Crippen LogP contribution in [0.2, 0.25) is 0 Å². The Morgan fingerprint density at radius 3 is 2.22 bits per heavy atom. The molecule has 0 fully saturated rings. The van der Waals surface area contributed by atoms with Crippen LogP contribution in [0.25, 0.3) is 0 Å². The Morgan fingerprint density at radius 1 is 0.963 bits per heavy atom. The number of hydrogen-bond donors (Lipinski definition) is 2. The second-order valence-electron chi connectivity index (χ2n) is 6.97. The average Bonchev–Trinajstić information content (AvgIpc) is 2.65. The maximum atomic E-state index is 12.4. The fourth-order valence-electron chi connectivity index (χ4n) is 2.74. The predicted molar refractivity (Wildman–Crippen MR) is 110 cm³/mol. The molecule has 0 radical (unpaired) electrons. The van der Waals surface area contributed by atoms with Gasteiger partial charge in [0.2, 0.25) is 5.95 Å². The van der Waals surface area contributed by atoms with Crippen LogP contribution in [0.1, 0.15) is 46.8 Å². The van der Waals surface area contributed by atoms with Gasteiger partial charge in [0.15, 0.2) is 0 Å². The standard InChI is InChI=1S/C22H24N4O/c1-14(2)17-6-8-19(9-7-17)25-22-23-12-18(13-24-22)21(27)26-20-10-5-15(3)11-16(20)4/h5-14H,1-4H3,(H,26,27)(H,23,24,25). The van der Waals surface area contributed by atoms with E-state index in [2.05, 4.69) is 46.6 Å². The lowest BCUT2D eigenvalue weighted by atomic mass is 10.0. The van der Waals surface area contributed by atoms with Gasteiger partial charge >= 0.3 is 0 Å². The average molecular weight is 360 g/mol. The molecule has 1 heterocycles. The normalized spacial score (nSPS) is 10.7. The quantitative estimate of drug-likeness (QED) is 0.655. The summed E-state index contributed by atoms with van der Waals surface area (Å²) in [6, 6.07) is 14.1. The number of carbonyl (C=O) groups is 1. The molecule has 0 atom stereocenters. The summed E-state index contributed by atoms with van der Waals surface area (Å²) in [7, 11) is 0. The number of anilines is 3. The van der Waals surface area contributed by atoms with Crippen LogP contribution in [0, 0.1) is 13.8 Å². The first-order chi connectivity index (χ1) is 12.9. The van der Waals surface area contributed by atoms with Gasteiger partial charge in [-0.25, -0.2) is 9.97 Å². The minimum absolute atomic E-state index is 0.227. The van der Waals surface area contributed by atoms with Crippen LogP contribution in [0.3, 0.4) is 0 Å². The molecule has 1 aromatic heterocycles. The zero-order chi connectivity index (χ0) is 19.4. The van der Waals surface area contributed by atoms with Crippen LogP contribution < -0.4 is 10.6 Å². The molecule has 3 rings (SSSR count). The van der Waals surface area contributed by atoms with Crippen molar-refractivity contribution in [1.29, 1.82) is 0 Å². The summed E-state index contributed by atoms with van der Waals surface area (Å²) >= 11 is 0. The van der Waals surface area contributed by atoms with E-state index in [1.54, 1.807) is 0 Å². The van der Waals surface area contributed by atoms with Crippen molar-refractivity contribution >= 4 is 23.2 Å². The molecule has 27 heavy (non-hydrogen) atoms. The van der Waals surface area contributed by atoms with Crippen molar-refractivity contribution in [3.8, 4) is 0 Å². The number of aromatic nitrogens is 2. The highest BCUT2D eigenvalue weighted by Gasteiger charge is 2.09. The largest absolute Gasteiger partial charge is 0.324 e. The van der Waals surface area contributed by atoms with Crippen LogP contribution in [-0.4, -0.2) is 15.9 Å². The smallest absolute Gasteiger partial charge is 0.258 e. The topological polar surface area (TPSA) is 66.9 Å². The summed E-state index contributed by atoms with van der Waals surface area (Å²) in [5.41, 5.74) is 5.57. The number of carbonyl (C=O) groups excluding carboxylic acids is 1. The minimum atomic E-state index is -0.227. The molecular formula is C22H24N4O. The second-order valence-corrected chi connectivity index (χ2v) is 6.97. The molecule has 138 valence electrons. The third-order valence-corrected chi connectivity index (χ3v) is 4.38. The number of amides is 1. The van der Waals surface area contributed by atoms with Gasteiger partial charge in [-0.1, -0.05) is 43.7 Å². The number of benzene rings is 2. The third kappa shape index (κ3) is 4.70. The summed E-state index contributed by atoms with van der Waals surface area (Å²) < 4.78 is 0. The molecule has 1 amide bonds. The van der Waals surface area contributed by atoms with Crippen molar-refractivity contribution in [2.45, 2.75) is 33.6 Å². The van der Waals surface area contributed by atoms with E-state index in [4.69, 9.17) is 0 Å². The molecule has 0 aliphatic heterocycles. The summed E-state index contributed by atoms with van der Waals surface area (Å²) in [6.45, 7) is 8.31. The lowest BCUT2D eigenvalue weighted by Crippen LogP contribution is -2.14. The van der Waals surface area contributed by atoms with Crippen molar-refractivity contribution in [3.63, 3.8) is 0 Å². The number of nitrogens with zero attached hydrogens (tertiary/aromatic N) is 2. The van der Waals surface area contributed by atoms with Gasteiger partial charge in [-0.15, -0.1) is 0 Å². The van der Waals surface area contributed by atoms with E-state index in [0.717, 1.165) is 22.5 Å². The first-order valence-electron chi connectivity index (χ1n) is 9.00. The highest BCUT2D eigenvalue weighted by atomic mass is 16.1. The van der Waals surface area contributed by atoms with Gasteiger partial charge in [-0.05, 0) is 49.1 Å². The van der Waals surface area contributed by atoms with E-state index >= 15 is 0 Å². The Kier molecular flexibility index (Phi) is 5.50. The fraction of sp³-hybridized carbons (Fsp3) is 0.227. The van der Waals surface area contributed by atoms with Gasteiger partial charge < -0.3 is 10.6 Å². The number of hydrogen-bond acceptors (Lipinski definition) is 4. The number of nitrogens with one attached hydrogen (secondary N) is 2. The van der Waals surface area contributed by atoms with Crippen LogP contribution in [0.4, 0.5) is 17.3 Å². The zero-order valence-electron chi connectivity index (χ0n) is 16.1. The summed E-state index contributed by atoms with van der Waals surface area (Å²) in [5, 5.41) is 6.05. The van der Waals surface area contributed by atoms with E-state index in [1.807, 2.05) is 44.2 Å². The van der Waals surface area contributed by atoms with Crippen molar-refractivity contribution in [3.05, 3.63) is 77.1 Å². The summed E-state index contributed by atoms with van der Waals surface area (Å²) in [5.74, 6) is 0.718. The highest BCUT2D eigenvalue weighted by Crippen LogP contribution is 2.20. The summed E-state index contributed by atoms with van der Waals surface area (Å²) in [6.07, 6.45) is 3.05. The molecule has 3 aromatic rings. The molecule has 0 unspecified atom stereocenters. The summed E-state index contributed by atoms with van der Waals surface area (Å²) in [4.78, 5) is 20.9. The van der Waals surface area contributed by atoms with Crippen LogP contribution in [0.15, 0.2) is 54.9 Å².